The molecule has 3 rings (SSSR count). The van der Waals surface area contributed by atoms with Crippen molar-refractivity contribution in [2.75, 3.05) is 20.3 Å². The highest BCUT2D eigenvalue weighted by molar-refractivity contribution is 5.93. The van der Waals surface area contributed by atoms with E-state index in [0.717, 1.165) is 0 Å². The topological polar surface area (TPSA) is 82.2 Å². The van der Waals surface area contributed by atoms with Crippen molar-refractivity contribution in [3.8, 4) is 0 Å². The number of epoxide rings is 1. The highest BCUT2D eigenvalue weighted by Crippen LogP contribution is 2.65. The smallest absolute Gasteiger partial charge is 0.314 e. The molecule has 3 fully saturated rings. The molecule has 1 aliphatic carbocycles. The van der Waals surface area contributed by atoms with E-state index in [0.29, 0.717) is 32.5 Å². The highest BCUT2D eigenvalue weighted by Gasteiger charge is 2.77. The summed E-state index contributed by atoms with van der Waals surface area (Å²) in [4.78, 5) is 36.9. The number of carbonyl (C=O) groups is 3. The summed E-state index contributed by atoms with van der Waals surface area (Å²) < 4.78 is 15.8. The Labute approximate surface area is 129 Å². The number of ether oxygens (including phenoxy) is 3. The number of cyclic esters (lactones) is 1. The molecule has 0 radical (unpaired) electrons. The normalized spacial score (nSPS) is 44.6. The zero-order valence-corrected chi connectivity index (χ0v) is 13.3. The molecule has 3 aliphatic rings. The molecule has 1 saturated carbocycles. The van der Waals surface area contributed by atoms with E-state index in [9.17, 15) is 14.4 Å². The van der Waals surface area contributed by atoms with Crippen molar-refractivity contribution in [2.24, 2.45) is 16.7 Å². The van der Waals surface area contributed by atoms with Crippen LogP contribution in [0.2, 0.25) is 0 Å². The third-order valence-electron chi connectivity index (χ3n) is 6.19. The molecule has 0 unspecified atom stereocenters. The largest absolute Gasteiger partial charge is 0.469 e. The zero-order valence-electron chi connectivity index (χ0n) is 13.3. The predicted molar refractivity (Wildman–Crippen MR) is 74.8 cm³/mol. The molecular formula is C16H22O6. The standard InChI is InChI=1S/C16H22O6/c1-14(13(19)20-3)6-4-11(17)15(2,16(14)9-22-16)10-5-7-21-12(18)8-10/h10H,4-9H2,1-3H3/t10-,14-,15+,16+/m0/s1. The molecule has 122 valence electrons. The van der Waals surface area contributed by atoms with Gasteiger partial charge in [0.2, 0.25) is 0 Å². The minimum atomic E-state index is -0.856. The third-order valence-corrected chi connectivity index (χ3v) is 6.19. The maximum absolute atomic E-state index is 12.8. The summed E-state index contributed by atoms with van der Waals surface area (Å²) in [6, 6.07) is 0. The molecule has 22 heavy (non-hydrogen) atoms. The molecule has 0 N–H and O–H groups in total. The van der Waals surface area contributed by atoms with Crippen LogP contribution >= 0.6 is 0 Å². The van der Waals surface area contributed by atoms with Crippen LogP contribution in [0.1, 0.15) is 39.5 Å². The van der Waals surface area contributed by atoms with Crippen LogP contribution in [0.4, 0.5) is 0 Å². The lowest BCUT2D eigenvalue weighted by atomic mass is 9.50. The van der Waals surface area contributed by atoms with Gasteiger partial charge in [0.25, 0.3) is 0 Å². The van der Waals surface area contributed by atoms with Crippen LogP contribution in [0.3, 0.4) is 0 Å². The molecule has 0 bridgehead atoms. The van der Waals surface area contributed by atoms with Crippen LogP contribution in [0.25, 0.3) is 0 Å². The first-order valence-electron chi connectivity index (χ1n) is 7.73. The third kappa shape index (κ3) is 1.73. The van der Waals surface area contributed by atoms with E-state index in [-0.39, 0.29) is 30.1 Å². The van der Waals surface area contributed by atoms with Crippen LogP contribution in [0, 0.1) is 16.7 Å². The van der Waals surface area contributed by atoms with E-state index in [1.807, 2.05) is 13.8 Å². The summed E-state index contributed by atoms with van der Waals surface area (Å²) in [5.41, 5.74) is -2.57. The van der Waals surface area contributed by atoms with Gasteiger partial charge in [-0.15, -0.1) is 0 Å². The fourth-order valence-electron chi connectivity index (χ4n) is 4.53. The summed E-state index contributed by atoms with van der Waals surface area (Å²) in [7, 11) is 1.36. The van der Waals surface area contributed by atoms with Crippen molar-refractivity contribution in [3.63, 3.8) is 0 Å². The van der Waals surface area contributed by atoms with Gasteiger partial charge in [0, 0.05) is 12.8 Å². The van der Waals surface area contributed by atoms with Crippen molar-refractivity contribution in [1.29, 1.82) is 0 Å². The number of hydrogen-bond donors (Lipinski definition) is 0. The van der Waals surface area contributed by atoms with Gasteiger partial charge in [-0.2, -0.15) is 0 Å². The van der Waals surface area contributed by atoms with E-state index in [4.69, 9.17) is 14.2 Å². The highest BCUT2D eigenvalue weighted by atomic mass is 16.6. The van der Waals surface area contributed by atoms with Gasteiger partial charge in [0.05, 0.1) is 31.2 Å². The van der Waals surface area contributed by atoms with Crippen molar-refractivity contribution < 1.29 is 28.6 Å². The molecule has 6 heteroatoms. The minimum Gasteiger partial charge on any atom is -0.469 e. The van der Waals surface area contributed by atoms with Crippen LogP contribution in [0.5, 0.6) is 0 Å². The molecule has 0 amide bonds. The lowest BCUT2D eigenvalue weighted by molar-refractivity contribution is -0.177. The van der Waals surface area contributed by atoms with Crippen molar-refractivity contribution in [2.45, 2.75) is 45.1 Å². The van der Waals surface area contributed by atoms with E-state index in [2.05, 4.69) is 0 Å². The first kappa shape index (κ1) is 15.5. The lowest BCUT2D eigenvalue weighted by Crippen LogP contribution is -2.63. The van der Waals surface area contributed by atoms with Gasteiger partial charge in [0.1, 0.15) is 11.4 Å². The first-order chi connectivity index (χ1) is 10.3. The van der Waals surface area contributed by atoms with Crippen molar-refractivity contribution >= 4 is 17.7 Å². The van der Waals surface area contributed by atoms with Crippen LogP contribution in [-0.2, 0) is 28.6 Å². The second-order valence-electron chi connectivity index (χ2n) is 6.98. The maximum Gasteiger partial charge on any atom is 0.314 e. The average molecular weight is 310 g/mol. The van der Waals surface area contributed by atoms with Crippen LogP contribution in [-0.4, -0.2) is 43.6 Å². The quantitative estimate of drug-likeness (QED) is 0.564. The van der Waals surface area contributed by atoms with Crippen LogP contribution in [0.15, 0.2) is 0 Å². The van der Waals surface area contributed by atoms with E-state index in [1.54, 1.807) is 0 Å². The molecular weight excluding hydrogens is 288 g/mol. The van der Waals surface area contributed by atoms with Crippen molar-refractivity contribution in [1.82, 2.24) is 0 Å². The number of carbonyl (C=O) groups excluding carboxylic acids is 3. The fourth-order valence-corrected chi connectivity index (χ4v) is 4.53. The lowest BCUT2D eigenvalue weighted by Gasteiger charge is -2.51. The summed E-state index contributed by atoms with van der Waals surface area (Å²) in [6.07, 6.45) is 1.55. The monoisotopic (exact) mass is 310 g/mol. The second kappa shape index (κ2) is 4.78. The molecule has 0 aromatic rings. The van der Waals surface area contributed by atoms with Gasteiger partial charge in [-0.1, -0.05) is 0 Å². The number of ketones is 1. The Balaban J connectivity index is 2.03. The minimum absolute atomic E-state index is 0.0751. The molecule has 6 nitrogen and oxygen atoms in total. The molecule has 2 saturated heterocycles. The van der Waals surface area contributed by atoms with E-state index in [1.165, 1.54) is 7.11 Å². The Bertz CT molecular complexity index is 537. The van der Waals surface area contributed by atoms with Gasteiger partial charge >= 0.3 is 11.9 Å². The Morgan fingerprint density at radius 3 is 2.55 bits per heavy atom. The number of esters is 2. The second-order valence-corrected chi connectivity index (χ2v) is 6.98. The Morgan fingerprint density at radius 2 is 2.00 bits per heavy atom. The SMILES string of the molecule is COC(=O)[C@]1(C)CCC(=O)[C@@](C)([C@H]2CCOC(=O)C2)[C@@]12CO2. The molecule has 0 aromatic carbocycles. The first-order valence-corrected chi connectivity index (χ1v) is 7.73. The van der Waals surface area contributed by atoms with Gasteiger partial charge in [-0.25, -0.2) is 0 Å². The Kier molecular flexibility index (Phi) is 3.36. The zero-order chi connectivity index (χ0) is 16.2. The summed E-state index contributed by atoms with van der Waals surface area (Å²) >= 11 is 0. The Morgan fingerprint density at radius 1 is 1.32 bits per heavy atom. The summed E-state index contributed by atoms with van der Waals surface area (Å²) in [5, 5.41) is 0. The molecule has 0 aromatic heterocycles. The Hall–Kier alpha value is -1.43. The van der Waals surface area contributed by atoms with Crippen LogP contribution < -0.4 is 0 Å². The molecule has 2 aliphatic heterocycles. The number of hydrogen-bond acceptors (Lipinski definition) is 6. The number of rotatable bonds is 2. The fraction of sp³-hybridized carbons (Fsp3) is 0.812. The van der Waals surface area contributed by atoms with Gasteiger partial charge in [-0.05, 0) is 32.6 Å². The number of methoxy groups -OCH3 is 1. The number of Topliss-reactive ketones (excluding diaryl/α,β-unsaturated/α-hetero) is 1. The summed E-state index contributed by atoms with van der Waals surface area (Å²) in [5.74, 6) is -0.715. The van der Waals surface area contributed by atoms with Crippen molar-refractivity contribution in [3.05, 3.63) is 0 Å². The molecule has 2 heterocycles. The van der Waals surface area contributed by atoms with Gasteiger partial charge in [-0.3, -0.25) is 14.4 Å². The summed E-state index contributed by atoms with van der Waals surface area (Å²) in [6.45, 7) is 4.34. The van der Waals surface area contributed by atoms with Gasteiger partial charge < -0.3 is 14.2 Å². The molecule has 4 atom stereocenters. The molecule has 1 spiro atoms. The predicted octanol–water partition coefficient (Wildman–Crippen LogP) is 1.26. The van der Waals surface area contributed by atoms with E-state index < -0.39 is 16.4 Å². The van der Waals surface area contributed by atoms with E-state index >= 15 is 0 Å². The van der Waals surface area contributed by atoms with Gasteiger partial charge in [0.15, 0.2) is 0 Å². The maximum atomic E-state index is 12.8. The average Bonchev–Trinajstić information content (AvgIpc) is 3.31.